The third kappa shape index (κ3) is 8.95. The molecule has 46 heavy (non-hydrogen) atoms. The molecule has 4 atom stereocenters. The number of fused-ring (bicyclic) bond motifs is 1. The van der Waals surface area contributed by atoms with E-state index in [0.29, 0.717) is 44.0 Å². The Kier molecular flexibility index (Phi) is 14.0. The lowest BCUT2D eigenvalue weighted by Crippen LogP contribution is -2.49. The van der Waals surface area contributed by atoms with Gasteiger partial charge in [-0.05, 0) is 85.0 Å². The lowest BCUT2D eigenvalue weighted by Gasteiger charge is -2.45. The van der Waals surface area contributed by atoms with Gasteiger partial charge in [-0.15, -0.1) is 6.58 Å². The van der Waals surface area contributed by atoms with Crippen LogP contribution in [0.5, 0.6) is 23.0 Å². The van der Waals surface area contributed by atoms with E-state index < -0.39 is 6.10 Å². The number of hydrogen-bond acceptors (Lipinski definition) is 7. The lowest BCUT2D eigenvalue weighted by atomic mass is 9.77. The molecule has 2 heterocycles. The molecule has 7 heteroatoms. The second-order valence-corrected chi connectivity index (χ2v) is 12.6. The summed E-state index contributed by atoms with van der Waals surface area (Å²) >= 11 is 0. The van der Waals surface area contributed by atoms with E-state index in [1.54, 1.807) is 13.3 Å². The summed E-state index contributed by atoms with van der Waals surface area (Å²) in [6.07, 6.45) is 11.1. The summed E-state index contributed by atoms with van der Waals surface area (Å²) in [4.78, 5) is 7.00. The Hall–Kier alpha value is -3.29. The summed E-state index contributed by atoms with van der Waals surface area (Å²) in [5.41, 5.74) is 2.80. The van der Waals surface area contributed by atoms with Crippen molar-refractivity contribution >= 4 is 10.9 Å². The van der Waals surface area contributed by atoms with Crippen LogP contribution in [0.3, 0.4) is 0 Å². The summed E-state index contributed by atoms with van der Waals surface area (Å²) < 4.78 is 24.6. The maximum Gasteiger partial charge on any atom is 0.203 e. The number of ether oxygens (including phenoxy) is 4. The molecule has 2 aromatic carbocycles. The average Bonchev–Trinajstić information content (AvgIpc) is 3.08. The van der Waals surface area contributed by atoms with Gasteiger partial charge in [0.25, 0.3) is 0 Å². The summed E-state index contributed by atoms with van der Waals surface area (Å²) in [6.45, 7) is 16.3. The van der Waals surface area contributed by atoms with Crippen LogP contribution in [0, 0.1) is 11.8 Å². The molecule has 0 amide bonds. The van der Waals surface area contributed by atoms with Gasteiger partial charge in [0.15, 0.2) is 11.5 Å². The van der Waals surface area contributed by atoms with E-state index in [1.807, 2.05) is 24.3 Å². The zero-order valence-electron chi connectivity index (χ0n) is 28.8. The van der Waals surface area contributed by atoms with E-state index in [0.717, 1.165) is 97.2 Å². The topological polar surface area (TPSA) is 73.3 Å². The number of unbranched alkanes of at least 4 members (excludes halogenated alkanes) is 3. The molecule has 0 saturated carbocycles. The van der Waals surface area contributed by atoms with Crippen LogP contribution in [0.4, 0.5) is 0 Å². The summed E-state index contributed by atoms with van der Waals surface area (Å²) in [7, 11) is 1.67. The SMILES string of the molecule is C=CC1CN(Cc2cc(OCCCC)c(OCCCC)c(OCCCC)c2)[C@H]([C@H](O)c2ccnc3ccc(OC)cc23)CC1CC. The number of benzene rings is 2. The van der Waals surface area contributed by atoms with Crippen molar-refractivity contribution in [2.24, 2.45) is 11.8 Å². The minimum atomic E-state index is -0.713. The maximum atomic E-state index is 12.2. The first kappa shape index (κ1) is 35.6. The molecule has 252 valence electrons. The molecule has 1 aromatic heterocycles. The van der Waals surface area contributed by atoms with Gasteiger partial charge in [0.1, 0.15) is 5.75 Å². The van der Waals surface area contributed by atoms with Crippen molar-refractivity contribution in [3.63, 3.8) is 0 Å². The average molecular weight is 633 g/mol. The normalized spacial score (nSPS) is 19.1. The molecule has 0 spiro atoms. The van der Waals surface area contributed by atoms with Crippen LogP contribution >= 0.6 is 0 Å². The molecule has 1 aliphatic rings. The predicted octanol–water partition coefficient (Wildman–Crippen LogP) is 8.92. The molecule has 1 aliphatic heterocycles. The molecule has 2 unspecified atom stereocenters. The zero-order chi connectivity index (χ0) is 32.9. The smallest absolute Gasteiger partial charge is 0.203 e. The largest absolute Gasteiger partial charge is 0.497 e. The highest BCUT2D eigenvalue weighted by Crippen LogP contribution is 2.43. The number of aromatic nitrogens is 1. The van der Waals surface area contributed by atoms with Crippen LogP contribution < -0.4 is 18.9 Å². The molecular formula is C39H56N2O5. The van der Waals surface area contributed by atoms with Gasteiger partial charge >= 0.3 is 0 Å². The molecule has 4 rings (SSSR count). The van der Waals surface area contributed by atoms with Crippen LogP contribution in [0.1, 0.15) is 96.3 Å². The van der Waals surface area contributed by atoms with Crippen LogP contribution in [-0.4, -0.2) is 54.5 Å². The fraction of sp³-hybridized carbons (Fsp3) is 0.564. The highest BCUT2D eigenvalue weighted by molar-refractivity contribution is 5.84. The first-order valence-corrected chi connectivity index (χ1v) is 17.5. The van der Waals surface area contributed by atoms with Gasteiger partial charge in [-0.1, -0.05) is 59.5 Å². The first-order valence-electron chi connectivity index (χ1n) is 17.5. The molecule has 1 fully saturated rings. The highest BCUT2D eigenvalue weighted by atomic mass is 16.5. The molecule has 0 aliphatic carbocycles. The zero-order valence-corrected chi connectivity index (χ0v) is 28.8. The predicted molar refractivity (Wildman–Crippen MR) is 187 cm³/mol. The molecule has 1 saturated heterocycles. The third-order valence-corrected chi connectivity index (χ3v) is 9.28. The van der Waals surface area contributed by atoms with Gasteiger partial charge in [-0.2, -0.15) is 0 Å². The van der Waals surface area contributed by atoms with Crippen molar-refractivity contribution in [1.29, 1.82) is 0 Å². The Morgan fingerprint density at radius 1 is 0.935 bits per heavy atom. The lowest BCUT2D eigenvalue weighted by molar-refractivity contribution is -0.0120. The Balaban J connectivity index is 1.73. The molecule has 0 bridgehead atoms. The minimum Gasteiger partial charge on any atom is -0.497 e. The Labute approximate surface area is 276 Å². The van der Waals surface area contributed by atoms with Crippen LogP contribution in [-0.2, 0) is 6.54 Å². The number of likely N-dealkylation sites (tertiary alicyclic amines) is 1. The summed E-state index contributed by atoms with van der Waals surface area (Å²) in [6, 6.07) is 11.9. The van der Waals surface area contributed by atoms with Crippen molar-refractivity contribution in [3.8, 4) is 23.0 Å². The molecular weight excluding hydrogens is 576 g/mol. The molecule has 1 N–H and O–H groups in total. The summed E-state index contributed by atoms with van der Waals surface area (Å²) in [5.74, 6) is 3.70. The second-order valence-electron chi connectivity index (χ2n) is 12.6. The number of rotatable bonds is 19. The second kappa shape index (κ2) is 18.2. The number of piperidine rings is 1. The van der Waals surface area contributed by atoms with E-state index in [1.165, 1.54) is 0 Å². The Morgan fingerprint density at radius 3 is 2.17 bits per heavy atom. The standard InChI is InChI=1S/C39H56N2O5/c1-7-12-19-44-36-22-28(23-37(45-20-13-8-2)39(36)46-21-14-9-3)26-41-27-30(11-5)29(10-4)24-35(41)38(42)32-17-18-40-34-16-15-31(43-6)25-33(32)34/h11,15-18,22-23,25,29-30,35,38,42H,5,7-10,12-14,19-21,24,26-27H2,1-4,6H3/t29?,30?,35-,38+/m0/s1. The van der Waals surface area contributed by atoms with E-state index in [4.69, 9.17) is 18.9 Å². The number of methoxy groups -OCH3 is 1. The number of aliphatic hydroxyl groups is 1. The maximum absolute atomic E-state index is 12.2. The Morgan fingerprint density at radius 2 is 1.59 bits per heavy atom. The van der Waals surface area contributed by atoms with E-state index in [9.17, 15) is 5.11 Å². The van der Waals surface area contributed by atoms with Gasteiger partial charge in [-0.3, -0.25) is 9.88 Å². The van der Waals surface area contributed by atoms with Gasteiger partial charge in [0.05, 0.1) is 38.6 Å². The highest BCUT2D eigenvalue weighted by Gasteiger charge is 2.38. The molecule has 3 aromatic rings. The van der Waals surface area contributed by atoms with E-state index >= 15 is 0 Å². The van der Waals surface area contributed by atoms with Crippen molar-refractivity contribution in [2.75, 3.05) is 33.5 Å². The number of aliphatic hydroxyl groups excluding tert-OH is 1. The van der Waals surface area contributed by atoms with Crippen molar-refractivity contribution < 1.29 is 24.1 Å². The van der Waals surface area contributed by atoms with Crippen molar-refractivity contribution in [3.05, 3.63) is 66.4 Å². The quantitative estimate of drug-likeness (QED) is 0.104. The van der Waals surface area contributed by atoms with Crippen molar-refractivity contribution in [2.45, 2.75) is 97.8 Å². The van der Waals surface area contributed by atoms with Crippen LogP contribution in [0.25, 0.3) is 10.9 Å². The number of hydrogen-bond donors (Lipinski definition) is 1. The van der Waals surface area contributed by atoms with Crippen LogP contribution in [0.15, 0.2) is 55.3 Å². The summed E-state index contributed by atoms with van der Waals surface area (Å²) in [5, 5.41) is 13.1. The van der Waals surface area contributed by atoms with Gasteiger partial charge in [0, 0.05) is 30.7 Å². The monoisotopic (exact) mass is 632 g/mol. The number of nitrogens with zero attached hydrogens (tertiary/aromatic N) is 2. The minimum absolute atomic E-state index is 0.104. The molecule has 7 nitrogen and oxygen atoms in total. The first-order chi connectivity index (χ1) is 22.5. The Bertz CT molecular complexity index is 1350. The number of pyridine rings is 1. The van der Waals surface area contributed by atoms with Gasteiger partial charge in [-0.25, -0.2) is 0 Å². The van der Waals surface area contributed by atoms with Crippen molar-refractivity contribution in [1.82, 2.24) is 9.88 Å². The fourth-order valence-electron chi connectivity index (χ4n) is 6.46. The van der Waals surface area contributed by atoms with E-state index in [-0.39, 0.29) is 6.04 Å². The third-order valence-electron chi connectivity index (χ3n) is 9.28. The van der Waals surface area contributed by atoms with E-state index in [2.05, 4.69) is 62.4 Å². The fourth-order valence-corrected chi connectivity index (χ4v) is 6.46. The molecule has 0 radical (unpaired) electrons. The van der Waals surface area contributed by atoms with Crippen LogP contribution in [0.2, 0.25) is 0 Å². The van der Waals surface area contributed by atoms with Gasteiger partial charge in [0.2, 0.25) is 5.75 Å². The van der Waals surface area contributed by atoms with Gasteiger partial charge < -0.3 is 24.1 Å².